The van der Waals surface area contributed by atoms with Crippen molar-refractivity contribution in [2.75, 3.05) is 26.2 Å². The Balaban J connectivity index is 1.92. The Morgan fingerprint density at radius 2 is 1.96 bits per heavy atom. The molecule has 0 radical (unpaired) electrons. The Morgan fingerprint density at radius 1 is 1.24 bits per heavy atom. The summed E-state index contributed by atoms with van der Waals surface area (Å²) in [5.41, 5.74) is 4.08. The highest BCUT2D eigenvalue weighted by atomic mass is 16.2. The zero-order valence-electron chi connectivity index (χ0n) is 16.1. The first kappa shape index (κ1) is 18.0. The predicted molar refractivity (Wildman–Crippen MR) is 104 cm³/mol. The van der Waals surface area contributed by atoms with Crippen molar-refractivity contribution in [2.45, 2.75) is 46.1 Å². The second-order valence-electron chi connectivity index (χ2n) is 7.09. The molecule has 0 N–H and O–H groups in total. The molecule has 1 aliphatic rings. The first-order valence-electron chi connectivity index (χ1n) is 9.64. The summed E-state index contributed by atoms with van der Waals surface area (Å²) >= 11 is 0. The van der Waals surface area contributed by atoms with Gasteiger partial charge in [-0.3, -0.25) is 4.79 Å². The molecule has 4 nitrogen and oxygen atoms in total. The van der Waals surface area contributed by atoms with E-state index in [9.17, 15) is 4.79 Å². The molecule has 1 aromatic carbocycles. The van der Waals surface area contributed by atoms with Gasteiger partial charge in [-0.05, 0) is 50.5 Å². The van der Waals surface area contributed by atoms with E-state index in [1.165, 1.54) is 22.2 Å². The van der Waals surface area contributed by atoms with Crippen LogP contribution in [0.3, 0.4) is 0 Å². The topological polar surface area (TPSA) is 28.5 Å². The van der Waals surface area contributed by atoms with E-state index in [2.05, 4.69) is 59.5 Å². The van der Waals surface area contributed by atoms with E-state index < -0.39 is 0 Å². The SMILES string of the molecule is CCN(CC)CCCC1c2c(c3ccccc3n2C)CCN1C(C)=O. The van der Waals surface area contributed by atoms with E-state index in [0.29, 0.717) is 0 Å². The number of aromatic nitrogens is 1. The summed E-state index contributed by atoms with van der Waals surface area (Å²) in [5, 5.41) is 1.36. The maximum atomic E-state index is 12.3. The summed E-state index contributed by atoms with van der Waals surface area (Å²) in [6.45, 7) is 10.3. The number of rotatable bonds is 6. The lowest BCUT2D eigenvalue weighted by Gasteiger charge is -2.36. The molecule has 3 rings (SSSR count). The van der Waals surface area contributed by atoms with E-state index >= 15 is 0 Å². The molecule has 0 spiro atoms. The van der Waals surface area contributed by atoms with Gasteiger partial charge in [0.1, 0.15) is 0 Å². The summed E-state index contributed by atoms with van der Waals surface area (Å²) in [7, 11) is 2.15. The first-order valence-corrected chi connectivity index (χ1v) is 9.64. The predicted octanol–water partition coefficient (Wildman–Crippen LogP) is 3.75. The number of hydrogen-bond donors (Lipinski definition) is 0. The molecular formula is C21H31N3O. The van der Waals surface area contributed by atoms with Crippen LogP contribution in [0.15, 0.2) is 24.3 Å². The maximum Gasteiger partial charge on any atom is 0.220 e. The monoisotopic (exact) mass is 341 g/mol. The average Bonchev–Trinajstić information content (AvgIpc) is 2.92. The van der Waals surface area contributed by atoms with E-state index in [1.54, 1.807) is 6.92 Å². The molecule has 0 saturated heterocycles. The molecule has 1 aliphatic heterocycles. The van der Waals surface area contributed by atoms with E-state index in [-0.39, 0.29) is 11.9 Å². The van der Waals surface area contributed by atoms with Crippen molar-refractivity contribution >= 4 is 16.8 Å². The number of nitrogens with zero attached hydrogens (tertiary/aromatic N) is 3. The molecule has 2 heterocycles. The van der Waals surface area contributed by atoms with Gasteiger partial charge in [-0.2, -0.15) is 0 Å². The van der Waals surface area contributed by atoms with Crippen molar-refractivity contribution in [3.05, 3.63) is 35.5 Å². The summed E-state index contributed by atoms with van der Waals surface area (Å²) in [6, 6.07) is 8.85. The van der Waals surface area contributed by atoms with E-state index in [0.717, 1.165) is 45.4 Å². The lowest BCUT2D eigenvalue weighted by Crippen LogP contribution is -2.39. The number of hydrogen-bond acceptors (Lipinski definition) is 2. The molecule has 1 unspecified atom stereocenters. The lowest BCUT2D eigenvalue weighted by molar-refractivity contribution is -0.132. The minimum Gasteiger partial charge on any atom is -0.346 e. The highest BCUT2D eigenvalue weighted by molar-refractivity contribution is 5.86. The van der Waals surface area contributed by atoms with Crippen LogP contribution in [0.5, 0.6) is 0 Å². The van der Waals surface area contributed by atoms with Crippen molar-refractivity contribution in [1.29, 1.82) is 0 Å². The van der Waals surface area contributed by atoms with Crippen LogP contribution in [0.4, 0.5) is 0 Å². The minimum absolute atomic E-state index is 0.198. The molecule has 4 heteroatoms. The average molecular weight is 341 g/mol. The van der Waals surface area contributed by atoms with Crippen LogP contribution in [0.25, 0.3) is 10.9 Å². The van der Waals surface area contributed by atoms with Crippen LogP contribution in [-0.4, -0.2) is 46.5 Å². The van der Waals surface area contributed by atoms with Gasteiger partial charge in [-0.15, -0.1) is 0 Å². The number of para-hydroxylation sites is 1. The number of fused-ring (bicyclic) bond motifs is 3. The normalized spacial score (nSPS) is 17.3. The molecule has 0 saturated carbocycles. The van der Waals surface area contributed by atoms with Crippen molar-refractivity contribution in [2.24, 2.45) is 7.05 Å². The molecular weight excluding hydrogens is 310 g/mol. The molecule has 0 aliphatic carbocycles. The van der Waals surface area contributed by atoms with Gasteiger partial charge >= 0.3 is 0 Å². The highest BCUT2D eigenvalue weighted by Crippen LogP contribution is 2.38. The third kappa shape index (κ3) is 3.32. The van der Waals surface area contributed by atoms with Gasteiger partial charge in [0.05, 0.1) is 6.04 Å². The standard InChI is InChI=1S/C21H31N3O/c1-5-23(6-2)14-9-12-20-21-18(13-15-24(20)16(3)25)17-10-7-8-11-19(17)22(21)4/h7-8,10-11,20H,5-6,9,12-15H2,1-4H3. The summed E-state index contributed by atoms with van der Waals surface area (Å²) < 4.78 is 2.32. The molecule has 1 amide bonds. The molecule has 136 valence electrons. The third-order valence-electron chi connectivity index (χ3n) is 5.81. The van der Waals surface area contributed by atoms with Crippen LogP contribution < -0.4 is 0 Å². The zero-order chi connectivity index (χ0) is 18.0. The quantitative estimate of drug-likeness (QED) is 0.801. The summed E-state index contributed by atoms with van der Waals surface area (Å²) in [6.07, 6.45) is 3.12. The van der Waals surface area contributed by atoms with E-state index in [1.807, 2.05) is 0 Å². The van der Waals surface area contributed by atoms with Gasteiger partial charge in [0.25, 0.3) is 0 Å². The van der Waals surface area contributed by atoms with Crippen molar-refractivity contribution in [3.8, 4) is 0 Å². The van der Waals surface area contributed by atoms with Gasteiger partial charge in [-0.25, -0.2) is 0 Å². The van der Waals surface area contributed by atoms with Gasteiger partial charge in [0.2, 0.25) is 5.91 Å². The fourth-order valence-electron chi connectivity index (χ4n) is 4.43. The number of aryl methyl sites for hydroxylation is 1. The van der Waals surface area contributed by atoms with Gasteiger partial charge < -0.3 is 14.4 Å². The Bertz CT molecular complexity index is 745. The zero-order valence-corrected chi connectivity index (χ0v) is 16.1. The second-order valence-corrected chi connectivity index (χ2v) is 7.09. The number of carbonyl (C=O) groups is 1. The van der Waals surface area contributed by atoms with Crippen molar-refractivity contribution < 1.29 is 4.79 Å². The first-order chi connectivity index (χ1) is 12.1. The fourth-order valence-corrected chi connectivity index (χ4v) is 4.43. The van der Waals surface area contributed by atoms with Crippen molar-refractivity contribution in [3.63, 3.8) is 0 Å². The van der Waals surface area contributed by atoms with Gasteiger partial charge in [0.15, 0.2) is 0 Å². The maximum absolute atomic E-state index is 12.3. The van der Waals surface area contributed by atoms with Gasteiger partial charge in [0, 0.05) is 37.1 Å². The molecule has 1 aromatic heterocycles. The molecule has 25 heavy (non-hydrogen) atoms. The van der Waals surface area contributed by atoms with E-state index in [4.69, 9.17) is 0 Å². The van der Waals surface area contributed by atoms with Crippen LogP contribution >= 0.6 is 0 Å². The van der Waals surface area contributed by atoms with Crippen molar-refractivity contribution in [1.82, 2.24) is 14.4 Å². The smallest absolute Gasteiger partial charge is 0.220 e. The Kier molecular flexibility index (Phi) is 5.48. The second kappa shape index (κ2) is 7.61. The van der Waals surface area contributed by atoms with Crippen LogP contribution in [-0.2, 0) is 18.3 Å². The largest absolute Gasteiger partial charge is 0.346 e. The summed E-state index contributed by atoms with van der Waals surface area (Å²) in [5.74, 6) is 0.198. The highest BCUT2D eigenvalue weighted by Gasteiger charge is 2.32. The number of amides is 1. The van der Waals surface area contributed by atoms with Crippen LogP contribution in [0.2, 0.25) is 0 Å². The molecule has 1 atom stereocenters. The molecule has 2 aromatic rings. The Morgan fingerprint density at radius 3 is 2.64 bits per heavy atom. The van der Waals surface area contributed by atoms with Gasteiger partial charge in [-0.1, -0.05) is 32.0 Å². The number of benzene rings is 1. The van der Waals surface area contributed by atoms with Crippen LogP contribution in [0.1, 0.15) is 50.9 Å². The summed E-state index contributed by atoms with van der Waals surface area (Å²) in [4.78, 5) is 16.8. The lowest BCUT2D eigenvalue weighted by atomic mass is 9.94. The molecule has 0 bridgehead atoms. The molecule has 0 fully saturated rings. The number of carbonyl (C=O) groups excluding carboxylic acids is 1. The Labute approximate surface area is 151 Å². The Hall–Kier alpha value is -1.81. The fraction of sp³-hybridized carbons (Fsp3) is 0.571. The van der Waals surface area contributed by atoms with Crippen LogP contribution in [0, 0.1) is 0 Å². The third-order valence-corrected chi connectivity index (χ3v) is 5.81. The minimum atomic E-state index is 0.198.